The van der Waals surface area contributed by atoms with Gasteiger partial charge in [-0.25, -0.2) is 0 Å². The lowest BCUT2D eigenvalue weighted by atomic mass is 9.94. The number of primary amides is 1. The first-order valence-electron chi connectivity index (χ1n) is 6.43. The molecule has 18 heavy (non-hydrogen) atoms. The molecule has 1 amide bonds. The van der Waals surface area contributed by atoms with Crippen molar-refractivity contribution in [3.8, 4) is 0 Å². The molecular formula is C13H18N4O. The van der Waals surface area contributed by atoms with Crippen LogP contribution in [-0.2, 0) is 11.3 Å². The zero-order valence-corrected chi connectivity index (χ0v) is 10.2. The molecular weight excluding hydrogens is 228 g/mol. The smallest absolute Gasteiger partial charge is 0.239 e. The molecule has 5 heteroatoms. The Hall–Kier alpha value is -1.78. The predicted octanol–water partition coefficient (Wildman–Crippen LogP) is 0.992. The molecule has 2 aliphatic carbocycles. The number of carbonyl (C=O) groups is 1. The van der Waals surface area contributed by atoms with Crippen molar-refractivity contribution in [3.05, 3.63) is 24.5 Å². The maximum absolute atomic E-state index is 10.8. The Bertz CT molecular complexity index is 479. The summed E-state index contributed by atoms with van der Waals surface area (Å²) in [6, 6.07) is 0. The number of nitrogens with zero attached hydrogens (tertiary/aromatic N) is 2. The van der Waals surface area contributed by atoms with E-state index in [1.54, 1.807) is 10.9 Å². The Morgan fingerprint density at radius 3 is 3.06 bits per heavy atom. The van der Waals surface area contributed by atoms with Crippen LogP contribution in [0.15, 0.2) is 24.5 Å². The Kier molecular flexibility index (Phi) is 2.81. The molecule has 3 atom stereocenters. The van der Waals surface area contributed by atoms with E-state index in [2.05, 4.69) is 22.6 Å². The molecule has 1 saturated carbocycles. The molecule has 3 rings (SSSR count). The van der Waals surface area contributed by atoms with Gasteiger partial charge in [0.2, 0.25) is 5.91 Å². The monoisotopic (exact) mass is 246 g/mol. The molecule has 96 valence electrons. The summed E-state index contributed by atoms with van der Waals surface area (Å²) in [4.78, 5) is 10.8. The standard InChI is InChI=1S/C13H18N4O/c14-13(18)8-17-7-12(6-16-17)15-5-11-4-9-1-2-10(11)3-9/h1-2,6-7,9-11,15H,3-5,8H2,(H2,14,18). The Labute approximate surface area is 106 Å². The Morgan fingerprint density at radius 2 is 2.39 bits per heavy atom. The van der Waals surface area contributed by atoms with E-state index in [0.29, 0.717) is 0 Å². The lowest BCUT2D eigenvalue weighted by Gasteiger charge is -2.18. The number of aromatic nitrogens is 2. The van der Waals surface area contributed by atoms with Crippen molar-refractivity contribution in [2.24, 2.45) is 23.5 Å². The second-order valence-electron chi connectivity index (χ2n) is 5.31. The average Bonchev–Trinajstić information content (AvgIpc) is 3.00. The number of hydrogen-bond acceptors (Lipinski definition) is 3. The minimum Gasteiger partial charge on any atom is -0.382 e. The first-order chi connectivity index (χ1) is 8.70. The third-order valence-electron chi connectivity index (χ3n) is 3.94. The van der Waals surface area contributed by atoms with Crippen LogP contribution < -0.4 is 11.1 Å². The topological polar surface area (TPSA) is 72.9 Å². The number of nitrogens with two attached hydrogens (primary N) is 1. The fourth-order valence-electron chi connectivity index (χ4n) is 3.08. The highest BCUT2D eigenvalue weighted by Crippen LogP contribution is 2.43. The van der Waals surface area contributed by atoms with Gasteiger partial charge in [-0.05, 0) is 30.6 Å². The number of nitrogens with one attached hydrogen (secondary N) is 1. The lowest BCUT2D eigenvalue weighted by molar-refractivity contribution is -0.118. The second-order valence-corrected chi connectivity index (χ2v) is 5.31. The van der Waals surface area contributed by atoms with Crippen LogP contribution in [0.2, 0.25) is 0 Å². The summed E-state index contributed by atoms with van der Waals surface area (Å²) in [7, 11) is 0. The molecule has 0 saturated heterocycles. The summed E-state index contributed by atoms with van der Waals surface area (Å²) >= 11 is 0. The number of fused-ring (bicyclic) bond motifs is 2. The number of hydrogen-bond donors (Lipinski definition) is 2. The van der Waals surface area contributed by atoms with Gasteiger partial charge in [0.15, 0.2) is 0 Å². The normalized spacial score (nSPS) is 28.8. The van der Waals surface area contributed by atoms with Gasteiger partial charge in [-0.15, -0.1) is 0 Å². The maximum atomic E-state index is 10.8. The molecule has 3 N–H and O–H groups in total. The quantitative estimate of drug-likeness (QED) is 0.761. The minimum atomic E-state index is -0.372. The summed E-state index contributed by atoms with van der Waals surface area (Å²) in [5.41, 5.74) is 6.08. The number of anilines is 1. The van der Waals surface area contributed by atoms with Crippen molar-refractivity contribution in [3.63, 3.8) is 0 Å². The van der Waals surface area contributed by atoms with Crippen molar-refractivity contribution in [1.29, 1.82) is 0 Å². The SMILES string of the molecule is NC(=O)Cn1cc(NCC2CC3C=CC2C3)cn1. The average molecular weight is 246 g/mol. The van der Waals surface area contributed by atoms with Gasteiger partial charge >= 0.3 is 0 Å². The fourth-order valence-corrected chi connectivity index (χ4v) is 3.08. The van der Waals surface area contributed by atoms with Crippen LogP contribution >= 0.6 is 0 Å². The summed E-state index contributed by atoms with van der Waals surface area (Å²) in [5.74, 6) is 1.92. The molecule has 1 fully saturated rings. The van der Waals surface area contributed by atoms with Gasteiger partial charge < -0.3 is 11.1 Å². The van der Waals surface area contributed by atoms with E-state index in [-0.39, 0.29) is 12.5 Å². The van der Waals surface area contributed by atoms with E-state index >= 15 is 0 Å². The van der Waals surface area contributed by atoms with Gasteiger partial charge in [-0.3, -0.25) is 9.48 Å². The van der Waals surface area contributed by atoms with E-state index < -0.39 is 0 Å². The van der Waals surface area contributed by atoms with E-state index in [4.69, 9.17) is 5.73 Å². The first-order valence-corrected chi connectivity index (χ1v) is 6.43. The van der Waals surface area contributed by atoms with Gasteiger partial charge in [0.1, 0.15) is 6.54 Å². The van der Waals surface area contributed by atoms with E-state index in [9.17, 15) is 4.79 Å². The van der Waals surface area contributed by atoms with Gasteiger partial charge in [0.25, 0.3) is 0 Å². The van der Waals surface area contributed by atoms with Gasteiger partial charge in [0.05, 0.1) is 11.9 Å². The Balaban J connectivity index is 1.52. The Morgan fingerprint density at radius 1 is 1.50 bits per heavy atom. The third kappa shape index (κ3) is 2.25. The van der Waals surface area contributed by atoms with Crippen LogP contribution in [0.5, 0.6) is 0 Å². The van der Waals surface area contributed by atoms with Gasteiger partial charge in [-0.1, -0.05) is 12.2 Å². The molecule has 3 unspecified atom stereocenters. The fraction of sp³-hybridized carbons (Fsp3) is 0.538. The second kappa shape index (κ2) is 4.48. The molecule has 0 aliphatic heterocycles. The van der Waals surface area contributed by atoms with Crippen LogP contribution in [0.4, 0.5) is 5.69 Å². The summed E-state index contributed by atoms with van der Waals surface area (Å²) in [5, 5.41) is 7.48. The summed E-state index contributed by atoms with van der Waals surface area (Å²) in [6.07, 6.45) is 10.9. The molecule has 1 aromatic rings. The number of allylic oxidation sites excluding steroid dienone is 2. The number of rotatable bonds is 5. The van der Waals surface area contributed by atoms with Crippen LogP contribution in [0, 0.1) is 17.8 Å². The molecule has 1 heterocycles. The first kappa shape index (κ1) is 11.3. The highest BCUT2D eigenvalue weighted by atomic mass is 16.1. The zero-order chi connectivity index (χ0) is 12.5. The van der Waals surface area contributed by atoms with Crippen molar-refractivity contribution in [1.82, 2.24) is 9.78 Å². The minimum absolute atomic E-state index is 0.137. The summed E-state index contributed by atoms with van der Waals surface area (Å²) in [6.45, 7) is 1.12. The molecule has 5 nitrogen and oxygen atoms in total. The molecule has 2 bridgehead atoms. The van der Waals surface area contributed by atoms with Crippen LogP contribution in [0.25, 0.3) is 0 Å². The highest BCUT2D eigenvalue weighted by Gasteiger charge is 2.35. The lowest BCUT2D eigenvalue weighted by Crippen LogP contribution is -2.19. The van der Waals surface area contributed by atoms with Crippen LogP contribution in [0.3, 0.4) is 0 Å². The van der Waals surface area contributed by atoms with E-state index in [1.165, 1.54) is 12.8 Å². The summed E-state index contributed by atoms with van der Waals surface area (Å²) < 4.78 is 1.56. The highest BCUT2D eigenvalue weighted by molar-refractivity contribution is 5.73. The van der Waals surface area contributed by atoms with Gasteiger partial charge in [-0.2, -0.15) is 5.10 Å². The van der Waals surface area contributed by atoms with Crippen molar-refractivity contribution >= 4 is 11.6 Å². The molecule has 0 spiro atoms. The van der Waals surface area contributed by atoms with Crippen molar-refractivity contribution in [2.75, 3.05) is 11.9 Å². The van der Waals surface area contributed by atoms with E-state index in [0.717, 1.165) is 30.0 Å². The maximum Gasteiger partial charge on any atom is 0.239 e. The molecule has 1 aromatic heterocycles. The number of amides is 1. The van der Waals surface area contributed by atoms with Crippen LogP contribution in [-0.4, -0.2) is 22.2 Å². The zero-order valence-electron chi connectivity index (χ0n) is 10.2. The van der Waals surface area contributed by atoms with Gasteiger partial charge in [0, 0.05) is 12.7 Å². The van der Waals surface area contributed by atoms with Crippen molar-refractivity contribution in [2.45, 2.75) is 19.4 Å². The third-order valence-corrected chi connectivity index (χ3v) is 3.94. The van der Waals surface area contributed by atoms with Crippen molar-refractivity contribution < 1.29 is 4.79 Å². The molecule has 0 aromatic carbocycles. The van der Waals surface area contributed by atoms with Crippen LogP contribution in [0.1, 0.15) is 12.8 Å². The predicted molar refractivity (Wildman–Crippen MR) is 68.8 cm³/mol. The molecule has 0 radical (unpaired) electrons. The number of carbonyl (C=O) groups excluding carboxylic acids is 1. The largest absolute Gasteiger partial charge is 0.382 e. The molecule has 2 aliphatic rings. The van der Waals surface area contributed by atoms with E-state index in [1.807, 2.05) is 6.20 Å².